The van der Waals surface area contributed by atoms with Gasteiger partial charge in [-0.3, -0.25) is 0 Å². The van der Waals surface area contributed by atoms with Crippen LogP contribution in [0.2, 0.25) is 5.28 Å². The van der Waals surface area contributed by atoms with Crippen LogP contribution in [0.1, 0.15) is 12.8 Å². The molecule has 0 aromatic carbocycles. The van der Waals surface area contributed by atoms with Crippen LogP contribution in [0.5, 0.6) is 5.88 Å². The van der Waals surface area contributed by atoms with Crippen molar-refractivity contribution in [3.63, 3.8) is 0 Å². The van der Waals surface area contributed by atoms with Crippen molar-refractivity contribution in [1.29, 1.82) is 0 Å². The molecule has 6 heteroatoms. The van der Waals surface area contributed by atoms with E-state index < -0.39 is 5.82 Å². The first-order valence-electron chi connectivity index (χ1n) is 5.68. The van der Waals surface area contributed by atoms with Gasteiger partial charge in [-0.05, 0) is 35.8 Å². The van der Waals surface area contributed by atoms with E-state index in [4.69, 9.17) is 16.3 Å². The van der Waals surface area contributed by atoms with Crippen molar-refractivity contribution in [1.82, 2.24) is 15.3 Å². The van der Waals surface area contributed by atoms with Crippen molar-refractivity contribution in [2.45, 2.75) is 12.8 Å². The van der Waals surface area contributed by atoms with Gasteiger partial charge < -0.3 is 10.1 Å². The maximum atomic E-state index is 13.3. The minimum Gasteiger partial charge on any atom is -0.475 e. The molecular formula is C11H13ClFN3O. The molecule has 1 saturated heterocycles. The summed E-state index contributed by atoms with van der Waals surface area (Å²) in [5.74, 6) is -0.100. The van der Waals surface area contributed by atoms with Crippen molar-refractivity contribution >= 4 is 11.6 Å². The van der Waals surface area contributed by atoms with Gasteiger partial charge in [0.05, 0.1) is 12.8 Å². The zero-order chi connectivity index (χ0) is 11.9. The van der Waals surface area contributed by atoms with E-state index in [0.717, 1.165) is 32.1 Å². The summed E-state index contributed by atoms with van der Waals surface area (Å²) in [7, 11) is 0. The Hall–Kier alpha value is -0.940. The molecular weight excluding hydrogens is 245 g/mol. The van der Waals surface area contributed by atoms with E-state index in [9.17, 15) is 4.39 Å². The Kier molecular flexibility index (Phi) is 2.67. The lowest BCUT2D eigenvalue weighted by Crippen LogP contribution is -2.60. The average Bonchev–Trinajstić information content (AvgIpc) is 2.18. The van der Waals surface area contributed by atoms with Gasteiger partial charge in [0.15, 0.2) is 0 Å². The Bertz CT molecular complexity index is 431. The van der Waals surface area contributed by atoms with Gasteiger partial charge in [-0.25, -0.2) is 4.98 Å². The third-order valence-corrected chi connectivity index (χ3v) is 3.76. The number of hydrogen-bond donors (Lipinski definition) is 1. The molecule has 2 aliphatic rings. The van der Waals surface area contributed by atoms with Crippen LogP contribution >= 0.6 is 11.6 Å². The number of rotatable bonds is 3. The molecule has 1 aromatic rings. The van der Waals surface area contributed by atoms with Crippen LogP contribution in [-0.4, -0.2) is 29.7 Å². The van der Waals surface area contributed by atoms with E-state index in [-0.39, 0.29) is 11.2 Å². The monoisotopic (exact) mass is 257 g/mol. The smallest absolute Gasteiger partial charge is 0.254 e. The highest BCUT2D eigenvalue weighted by Crippen LogP contribution is 2.48. The highest BCUT2D eigenvalue weighted by atomic mass is 35.5. The first kappa shape index (κ1) is 11.2. The summed E-state index contributed by atoms with van der Waals surface area (Å²) in [6, 6.07) is 0. The lowest BCUT2D eigenvalue weighted by atomic mass is 9.59. The van der Waals surface area contributed by atoms with Gasteiger partial charge in [-0.15, -0.1) is 0 Å². The number of nitrogens with one attached hydrogen (secondary N) is 1. The van der Waals surface area contributed by atoms with Crippen molar-refractivity contribution < 1.29 is 9.13 Å². The molecule has 0 radical (unpaired) electrons. The predicted molar refractivity (Wildman–Crippen MR) is 60.5 cm³/mol. The number of nitrogens with zero attached hydrogens (tertiary/aromatic N) is 2. The Labute approximate surface area is 104 Å². The average molecular weight is 258 g/mol. The molecule has 4 nitrogen and oxygen atoms in total. The minimum atomic E-state index is -0.561. The summed E-state index contributed by atoms with van der Waals surface area (Å²) in [6.45, 7) is 2.72. The maximum Gasteiger partial charge on any atom is 0.254 e. The minimum absolute atomic E-state index is 0.00896. The maximum absolute atomic E-state index is 13.3. The normalized spacial score (nSPS) is 22.0. The molecule has 1 saturated carbocycles. The zero-order valence-electron chi connectivity index (χ0n) is 9.25. The third-order valence-electron chi connectivity index (χ3n) is 3.58. The SMILES string of the molecule is Fc1cnc(Cl)nc1OCC1CC2(CNC2)C1. The van der Waals surface area contributed by atoms with Gasteiger partial charge >= 0.3 is 0 Å². The Balaban J connectivity index is 1.52. The zero-order valence-corrected chi connectivity index (χ0v) is 10.0. The number of ether oxygens (including phenoxy) is 1. The van der Waals surface area contributed by atoms with Gasteiger partial charge in [0.1, 0.15) is 0 Å². The second-order valence-corrected chi connectivity index (χ2v) is 5.32. The summed E-state index contributed by atoms with van der Waals surface area (Å²) < 4.78 is 18.6. The molecule has 3 rings (SSSR count). The molecule has 17 heavy (non-hydrogen) atoms. The lowest BCUT2D eigenvalue weighted by Gasteiger charge is -2.54. The molecule has 0 amide bonds. The fourth-order valence-electron chi connectivity index (χ4n) is 2.68. The molecule has 0 atom stereocenters. The van der Waals surface area contributed by atoms with Crippen molar-refractivity contribution in [2.75, 3.05) is 19.7 Å². The highest BCUT2D eigenvalue weighted by Gasteiger charge is 2.48. The summed E-state index contributed by atoms with van der Waals surface area (Å²) in [5, 5.41) is 3.28. The molecule has 0 bridgehead atoms. The van der Waals surface area contributed by atoms with Crippen molar-refractivity contribution in [3.8, 4) is 5.88 Å². The van der Waals surface area contributed by atoms with E-state index in [2.05, 4.69) is 15.3 Å². The highest BCUT2D eigenvalue weighted by molar-refractivity contribution is 6.28. The van der Waals surface area contributed by atoms with Crippen LogP contribution in [0.15, 0.2) is 6.20 Å². The van der Waals surface area contributed by atoms with E-state index in [1.54, 1.807) is 0 Å². The quantitative estimate of drug-likeness (QED) is 0.837. The van der Waals surface area contributed by atoms with E-state index >= 15 is 0 Å². The van der Waals surface area contributed by atoms with Crippen molar-refractivity contribution in [2.24, 2.45) is 11.3 Å². The Morgan fingerprint density at radius 1 is 1.53 bits per heavy atom. The van der Waals surface area contributed by atoms with E-state index in [1.165, 1.54) is 0 Å². The van der Waals surface area contributed by atoms with Crippen LogP contribution in [0.4, 0.5) is 4.39 Å². The molecule has 2 fully saturated rings. The molecule has 0 unspecified atom stereocenters. The van der Waals surface area contributed by atoms with Crippen LogP contribution < -0.4 is 10.1 Å². The fourth-order valence-corrected chi connectivity index (χ4v) is 2.80. The van der Waals surface area contributed by atoms with Crippen LogP contribution in [-0.2, 0) is 0 Å². The number of hydrogen-bond acceptors (Lipinski definition) is 4. The van der Waals surface area contributed by atoms with E-state index in [0.29, 0.717) is 17.9 Å². The van der Waals surface area contributed by atoms with Gasteiger partial charge in [-0.1, -0.05) is 0 Å². The van der Waals surface area contributed by atoms with E-state index in [1.807, 2.05) is 0 Å². The molecule has 2 heterocycles. The topological polar surface area (TPSA) is 47.0 Å². The summed E-state index contributed by atoms with van der Waals surface area (Å²) in [6.07, 6.45) is 3.34. The second-order valence-electron chi connectivity index (χ2n) is 4.98. The summed E-state index contributed by atoms with van der Waals surface area (Å²) >= 11 is 5.58. The first-order chi connectivity index (χ1) is 8.17. The first-order valence-corrected chi connectivity index (χ1v) is 6.06. The second kappa shape index (κ2) is 4.07. The molecule has 92 valence electrons. The Morgan fingerprint density at radius 3 is 2.94 bits per heavy atom. The predicted octanol–water partition coefficient (Wildman–Crippen LogP) is 1.65. The summed E-state index contributed by atoms with van der Waals surface area (Å²) in [5.41, 5.74) is 0.510. The van der Waals surface area contributed by atoms with Gasteiger partial charge in [0, 0.05) is 13.1 Å². The lowest BCUT2D eigenvalue weighted by molar-refractivity contribution is -0.0211. The number of aromatic nitrogens is 2. The largest absolute Gasteiger partial charge is 0.475 e. The van der Waals surface area contributed by atoms with Crippen LogP contribution in [0, 0.1) is 17.2 Å². The molecule has 1 N–H and O–H groups in total. The molecule has 1 aromatic heterocycles. The van der Waals surface area contributed by atoms with Gasteiger partial charge in [0.25, 0.3) is 5.88 Å². The summed E-state index contributed by atoms with van der Waals surface area (Å²) in [4.78, 5) is 7.26. The number of halogens is 2. The van der Waals surface area contributed by atoms with Crippen LogP contribution in [0.3, 0.4) is 0 Å². The standard InChI is InChI=1S/C11H13ClFN3O/c12-10-15-3-8(13)9(16-10)17-4-7-1-11(2-7)5-14-6-11/h3,7,14H,1-2,4-6H2. The van der Waals surface area contributed by atoms with Gasteiger partial charge in [0.2, 0.25) is 11.1 Å². The Morgan fingerprint density at radius 2 is 2.29 bits per heavy atom. The molecule has 1 spiro atoms. The van der Waals surface area contributed by atoms with Gasteiger partial charge in [-0.2, -0.15) is 9.37 Å². The van der Waals surface area contributed by atoms with Crippen LogP contribution in [0.25, 0.3) is 0 Å². The molecule has 1 aliphatic heterocycles. The molecule has 1 aliphatic carbocycles. The van der Waals surface area contributed by atoms with Crippen molar-refractivity contribution in [3.05, 3.63) is 17.3 Å². The third kappa shape index (κ3) is 2.09. The fraction of sp³-hybridized carbons (Fsp3) is 0.636.